The van der Waals surface area contributed by atoms with Gasteiger partial charge in [0.15, 0.2) is 5.78 Å². The van der Waals surface area contributed by atoms with Crippen LogP contribution in [0.5, 0.6) is 0 Å². The zero-order valence-corrected chi connectivity index (χ0v) is 15.7. The first kappa shape index (κ1) is 19.4. The Morgan fingerprint density at radius 3 is 2.85 bits per heavy atom. The lowest BCUT2D eigenvalue weighted by Crippen LogP contribution is -2.37. The molecule has 0 amide bonds. The molecule has 1 aliphatic heterocycles. The van der Waals surface area contributed by atoms with Crippen LogP contribution in [-0.2, 0) is 19.1 Å². The van der Waals surface area contributed by atoms with E-state index in [1.54, 1.807) is 19.1 Å². The number of ketones is 1. The molecule has 2 atom stereocenters. The summed E-state index contributed by atoms with van der Waals surface area (Å²) in [4.78, 5) is 30.1. The van der Waals surface area contributed by atoms with Crippen LogP contribution in [0.4, 0.5) is 4.39 Å². The van der Waals surface area contributed by atoms with E-state index in [1.165, 1.54) is 12.1 Å². The molecule has 0 N–H and O–H groups in total. The van der Waals surface area contributed by atoms with E-state index in [1.807, 2.05) is 6.92 Å². The lowest BCUT2D eigenvalue weighted by Gasteiger charge is -2.34. The molecule has 1 aromatic rings. The molecular formula is C21H24FNO4. The molecule has 0 radical (unpaired) electrons. The molecular weight excluding hydrogens is 349 g/mol. The number of hydrogen-bond acceptors (Lipinski definition) is 5. The van der Waals surface area contributed by atoms with E-state index < -0.39 is 23.6 Å². The third kappa shape index (κ3) is 4.16. The van der Waals surface area contributed by atoms with Gasteiger partial charge >= 0.3 is 5.97 Å². The molecule has 3 rings (SSSR count). The van der Waals surface area contributed by atoms with Crippen LogP contribution in [0, 0.1) is 11.7 Å². The standard InChI is InChI=1S/C21H24FNO4/c1-3-26-10-11-27-21(25)18-13(2)23-16-8-5-9-17(24)20(16)19(18)14-6-4-7-15(22)12-14/h4,6-7,12,18-19H,3,5,8-11H2,1-2H3/t18?,19-/m0/s1. The van der Waals surface area contributed by atoms with Crippen LogP contribution in [0.2, 0.25) is 0 Å². The molecule has 0 saturated heterocycles. The Balaban J connectivity index is 1.98. The van der Waals surface area contributed by atoms with Crippen molar-refractivity contribution in [1.29, 1.82) is 0 Å². The molecule has 0 spiro atoms. The second kappa shape index (κ2) is 8.57. The van der Waals surface area contributed by atoms with E-state index in [4.69, 9.17) is 9.47 Å². The lowest BCUT2D eigenvalue weighted by atomic mass is 9.72. The van der Waals surface area contributed by atoms with E-state index in [2.05, 4.69) is 4.99 Å². The maximum Gasteiger partial charge on any atom is 0.315 e. The Morgan fingerprint density at radius 1 is 1.30 bits per heavy atom. The summed E-state index contributed by atoms with van der Waals surface area (Å²) < 4.78 is 24.5. The quantitative estimate of drug-likeness (QED) is 0.565. The highest BCUT2D eigenvalue weighted by Gasteiger charge is 2.43. The van der Waals surface area contributed by atoms with Crippen LogP contribution >= 0.6 is 0 Å². The van der Waals surface area contributed by atoms with Gasteiger partial charge in [0.2, 0.25) is 0 Å². The average Bonchev–Trinajstić information content (AvgIpc) is 2.64. The lowest BCUT2D eigenvalue weighted by molar-refractivity contribution is -0.148. The summed E-state index contributed by atoms with van der Waals surface area (Å²) in [5, 5.41) is 0. The molecule has 1 heterocycles. The van der Waals surface area contributed by atoms with Gasteiger partial charge < -0.3 is 9.47 Å². The zero-order chi connectivity index (χ0) is 19.4. The number of hydrogen-bond donors (Lipinski definition) is 0. The highest BCUT2D eigenvalue weighted by atomic mass is 19.1. The number of ether oxygens (including phenoxy) is 2. The van der Waals surface area contributed by atoms with E-state index in [9.17, 15) is 14.0 Å². The zero-order valence-electron chi connectivity index (χ0n) is 15.7. The summed E-state index contributed by atoms with van der Waals surface area (Å²) in [6.45, 7) is 4.61. The van der Waals surface area contributed by atoms with Crippen molar-refractivity contribution in [3.63, 3.8) is 0 Å². The van der Waals surface area contributed by atoms with Gasteiger partial charge in [-0.05, 0) is 44.4 Å². The molecule has 0 aromatic heterocycles. The van der Waals surface area contributed by atoms with Gasteiger partial charge in [0.05, 0.1) is 6.61 Å². The van der Waals surface area contributed by atoms with Gasteiger partial charge in [-0.1, -0.05) is 12.1 Å². The second-order valence-corrected chi connectivity index (χ2v) is 6.77. The minimum absolute atomic E-state index is 0.0196. The summed E-state index contributed by atoms with van der Waals surface area (Å²) in [6.07, 6.45) is 1.86. The molecule has 0 fully saturated rings. The summed E-state index contributed by atoms with van der Waals surface area (Å²) >= 11 is 0. The van der Waals surface area contributed by atoms with Gasteiger partial charge in [-0.3, -0.25) is 14.6 Å². The maximum atomic E-state index is 13.9. The number of nitrogens with zero attached hydrogens (tertiary/aromatic N) is 1. The predicted octanol–water partition coefficient (Wildman–Crippen LogP) is 3.59. The number of aliphatic imine (C=N–C) groups is 1. The van der Waals surface area contributed by atoms with Crippen molar-refractivity contribution in [1.82, 2.24) is 0 Å². The second-order valence-electron chi connectivity index (χ2n) is 6.77. The predicted molar refractivity (Wildman–Crippen MR) is 99.1 cm³/mol. The van der Waals surface area contributed by atoms with E-state index in [-0.39, 0.29) is 12.4 Å². The number of allylic oxidation sites excluding steroid dienone is 2. The largest absolute Gasteiger partial charge is 0.463 e. The van der Waals surface area contributed by atoms with Crippen LogP contribution in [0.15, 0.2) is 40.5 Å². The van der Waals surface area contributed by atoms with Crippen molar-refractivity contribution in [2.75, 3.05) is 19.8 Å². The van der Waals surface area contributed by atoms with Crippen molar-refractivity contribution in [3.05, 3.63) is 46.9 Å². The molecule has 5 nitrogen and oxygen atoms in total. The van der Waals surface area contributed by atoms with Crippen LogP contribution in [0.25, 0.3) is 0 Å². The summed E-state index contributed by atoms with van der Waals surface area (Å²) in [5.41, 5.74) is 2.44. The Bertz CT molecular complexity index is 799. The maximum absolute atomic E-state index is 13.9. The topological polar surface area (TPSA) is 65.0 Å². The van der Waals surface area contributed by atoms with Crippen molar-refractivity contribution in [2.45, 2.75) is 39.0 Å². The SMILES string of the molecule is CCOCCOC(=O)C1C(C)=NC2=C(C(=O)CCC2)[C@H]1c1cccc(F)c1. The van der Waals surface area contributed by atoms with Crippen molar-refractivity contribution >= 4 is 17.5 Å². The summed E-state index contributed by atoms with van der Waals surface area (Å²) in [5.74, 6) is -2.19. The fraction of sp³-hybridized carbons (Fsp3) is 0.476. The van der Waals surface area contributed by atoms with Gasteiger partial charge in [0, 0.05) is 35.9 Å². The normalized spacial score (nSPS) is 22.3. The summed E-state index contributed by atoms with van der Waals surface area (Å²) in [7, 11) is 0. The number of benzene rings is 1. The van der Waals surface area contributed by atoms with Crippen LogP contribution in [0.1, 0.15) is 44.6 Å². The Hall–Kier alpha value is -2.34. The van der Waals surface area contributed by atoms with Crippen molar-refractivity contribution < 1.29 is 23.5 Å². The van der Waals surface area contributed by atoms with Crippen LogP contribution in [-0.4, -0.2) is 37.3 Å². The molecule has 27 heavy (non-hydrogen) atoms. The number of halogens is 1. The number of carbonyl (C=O) groups is 2. The molecule has 2 aliphatic rings. The smallest absolute Gasteiger partial charge is 0.315 e. The molecule has 6 heteroatoms. The van der Waals surface area contributed by atoms with Crippen LogP contribution < -0.4 is 0 Å². The Labute approximate surface area is 158 Å². The third-order valence-electron chi connectivity index (χ3n) is 4.97. The molecule has 144 valence electrons. The van der Waals surface area contributed by atoms with E-state index in [0.29, 0.717) is 42.9 Å². The fourth-order valence-corrected chi connectivity index (χ4v) is 3.81. The van der Waals surface area contributed by atoms with Gasteiger partial charge in [0.25, 0.3) is 0 Å². The first-order chi connectivity index (χ1) is 13.0. The summed E-state index contributed by atoms with van der Waals surface area (Å²) in [6, 6.07) is 6.08. The monoisotopic (exact) mass is 373 g/mol. The minimum atomic E-state index is -0.741. The first-order valence-electron chi connectivity index (χ1n) is 9.34. The van der Waals surface area contributed by atoms with Gasteiger partial charge in [-0.2, -0.15) is 0 Å². The highest BCUT2D eigenvalue weighted by Crippen LogP contribution is 2.43. The van der Waals surface area contributed by atoms with Gasteiger partial charge in [-0.15, -0.1) is 0 Å². The molecule has 1 aromatic carbocycles. The first-order valence-corrected chi connectivity index (χ1v) is 9.34. The van der Waals surface area contributed by atoms with Gasteiger partial charge in [-0.25, -0.2) is 4.39 Å². The van der Waals surface area contributed by atoms with Crippen molar-refractivity contribution in [3.8, 4) is 0 Å². The number of Topliss-reactive ketones (excluding diaryl/α,β-unsaturated/α-hetero) is 1. The number of esters is 1. The fourth-order valence-electron chi connectivity index (χ4n) is 3.81. The molecule has 0 bridgehead atoms. The van der Waals surface area contributed by atoms with Gasteiger partial charge in [0.1, 0.15) is 18.3 Å². The van der Waals surface area contributed by atoms with E-state index >= 15 is 0 Å². The van der Waals surface area contributed by atoms with E-state index in [0.717, 1.165) is 12.1 Å². The highest BCUT2D eigenvalue weighted by molar-refractivity contribution is 6.08. The number of carbonyl (C=O) groups excluding carboxylic acids is 2. The Morgan fingerprint density at radius 2 is 2.11 bits per heavy atom. The number of rotatable bonds is 6. The van der Waals surface area contributed by atoms with Crippen molar-refractivity contribution in [2.24, 2.45) is 10.9 Å². The van der Waals surface area contributed by atoms with Crippen LogP contribution in [0.3, 0.4) is 0 Å². The average molecular weight is 373 g/mol. The molecule has 1 unspecified atom stereocenters. The third-order valence-corrected chi connectivity index (χ3v) is 4.97. The molecule has 0 saturated carbocycles. The molecule has 1 aliphatic carbocycles. The minimum Gasteiger partial charge on any atom is -0.463 e. The Kier molecular flexibility index (Phi) is 6.16.